The highest BCUT2D eigenvalue weighted by molar-refractivity contribution is 7.15. The van der Waals surface area contributed by atoms with Crippen molar-refractivity contribution in [3.63, 3.8) is 0 Å². The van der Waals surface area contributed by atoms with Crippen LogP contribution in [-0.2, 0) is 9.53 Å². The largest absolute Gasteiger partial charge is 0.462 e. The molecule has 0 atom stereocenters. The summed E-state index contributed by atoms with van der Waals surface area (Å²) in [4.78, 5) is 29.9. The van der Waals surface area contributed by atoms with Crippen molar-refractivity contribution in [2.24, 2.45) is 0 Å². The lowest BCUT2D eigenvalue weighted by atomic mass is 10.0. The number of nitrogens with zero attached hydrogens (tertiary/aromatic N) is 2. The van der Waals surface area contributed by atoms with Gasteiger partial charge < -0.3 is 15.0 Å². The maximum Gasteiger partial charge on any atom is 0.341 e. The van der Waals surface area contributed by atoms with Crippen LogP contribution in [0.2, 0.25) is 0 Å². The summed E-state index contributed by atoms with van der Waals surface area (Å²) >= 11 is 1.36. The monoisotopic (exact) mass is 415 g/mol. The number of carbonyl (C=O) groups is 2. The van der Waals surface area contributed by atoms with E-state index in [2.05, 4.69) is 22.0 Å². The molecule has 1 aromatic carbocycles. The van der Waals surface area contributed by atoms with Gasteiger partial charge in [-0.1, -0.05) is 37.3 Å². The van der Waals surface area contributed by atoms with Gasteiger partial charge in [-0.15, -0.1) is 11.3 Å². The zero-order chi connectivity index (χ0) is 20.6. The van der Waals surface area contributed by atoms with Crippen molar-refractivity contribution in [3.8, 4) is 11.1 Å². The number of piperazine rings is 1. The van der Waals surface area contributed by atoms with E-state index in [4.69, 9.17) is 4.74 Å². The van der Waals surface area contributed by atoms with Crippen LogP contribution < -0.4 is 5.32 Å². The minimum Gasteiger partial charge on any atom is -0.462 e. The number of rotatable bonds is 8. The fraction of sp³-hybridized carbons (Fsp3) is 0.455. The van der Waals surface area contributed by atoms with E-state index in [-0.39, 0.29) is 5.91 Å². The fourth-order valence-corrected chi connectivity index (χ4v) is 4.52. The van der Waals surface area contributed by atoms with Crippen LogP contribution in [0, 0.1) is 0 Å². The molecule has 3 rings (SSSR count). The second-order valence-electron chi connectivity index (χ2n) is 7.11. The van der Waals surface area contributed by atoms with Crippen molar-refractivity contribution >= 4 is 28.2 Å². The first-order chi connectivity index (χ1) is 14.1. The highest BCUT2D eigenvalue weighted by Crippen LogP contribution is 2.36. The summed E-state index contributed by atoms with van der Waals surface area (Å²) in [5.41, 5.74) is 2.15. The molecular formula is C22H29N3O3S. The van der Waals surface area contributed by atoms with Gasteiger partial charge in [0.1, 0.15) is 10.6 Å². The lowest BCUT2D eigenvalue weighted by Gasteiger charge is -2.34. The Hall–Kier alpha value is -2.22. The summed E-state index contributed by atoms with van der Waals surface area (Å²) in [6.07, 6.45) is 1.15. The summed E-state index contributed by atoms with van der Waals surface area (Å²) < 4.78 is 5.26. The lowest BCUT2D eigenvalue weighted by molar-refractivity contribution is -0.117. The number of amides is 1. The normalized spacial score (nSPS) is 15.2. The Bertz CT molecular complexity index is 814. The third-order valence-corrected chi connectivity index (χ3v) is 5.88. The molecule has 0 aliphatic carbocycles. The van der Waals surface area contributed by atoms with Crippen molar-refractivity contribution < 1.29 is 14.3 Å². The smallest absolute Gasteiger partial charge is 0.341 e. The molecular weight excluding hydrogens is 386 g/mol. The SMILES string of the molecule is CCCN1CCN(CC(=O)Nc2scc(-c3ccccc3)c2C(=O)OCC)CC1. The molecule has 156 valence electrons. The molecule has 1 aliphatic rings. The molecule has 1 fully saturated rings. The number of ether oxygens (including phenoxy) is 1. The van der Waals surface area contributed by atoms with E-state index >= 15 is 0 Å². The van der Waals surface area contributed by atoms with Gasteiger partial charge in [-0.05, 0) is 25.5 Å². The van der Waals surface area contributed by atoms with Crippen molar-refractivity contribution in [1.82, 2.24) is 9.80 Å². The number of esters is 1. The van der Waals surface area contributed by atoms with E-state index < -0.39 is 5.97 Å². The molecule has 1 N–H and O–H groups in total. The molecule has 7 heteroatoms. The van der Waals surface area contributed by atoms with Crippen molar-refractivity contribution in [1.29, 1.82) is 0 Å². The Morgan fingerprint density at radius 3 is 2.41 bits per heavy atom. The van der Waals surface area contributed by atoms with Gasteiger partial charge in [-0.2, -0.15) is 0 Å². The first kappa shape index (κ1) is 21.5. The molecule has 2 heterocycles. The van der Waals surface area contributed by atoms with E-state index in [0.29, 0.717) is 23.7 Å². The molecule has 0 radical (unpaired) electrons. The van der Waals surface area contributed by atoms with E-state index in [9.17, 15) is 9.59 Å². The first-order valence-corrected chi connectivity index (χ1v) is 11.1. The van der Waals surface area contributed by atoms with Gasteiger partial charge in [0.2, 0.25) is 5.91 Å². The van der Waals surface area contributed by atoms with Gasteiger partial charge in [0, 0.05) is 37.1 Å². The van der Waals surface area contributed by atoms with Crippen LogP contribution in [0.4, 0.5) is 5.00 Å². The van der Waals surface area contributed by atoms with Crippen molar-refractivity contribution in [2.75, 3.05) is 51.2 Å². The molecule has 0 saturated carbocycles. The summed E-state index contributed by atoms with van der Waals surface area (Å²) in [6, 6.07) is 9.69. The minimum absolute atomic E-state index is 0.0963. The molecule has 29 heavy (non-hydrogen) atoms. The van der Waals surface area contributed by atoms with Gasteiger partial charge in [0.15, 0.2) is 0 Å². The van der Waals surface area contributed by atoms with E-state index in [1.807, 2.05) is 35.7 Å². The summed E-state index contributed by atoms with van der Waals surface area (Å²) in [6.45, 7) is 9.46. The Labute approximate surface area is 176 Å². The average Bonchev–Trinajstić information content (AvgIpc) is 3.14. The molecule has 1 aliphatic heterocycles. The summed E-state index contributed by atoms with van der Waals surface area (Å²) in [5.74, 6) is -0.503. The molecule has 0 unspecified atom stereocenters. The van der Waals surface area contributed by atoms with Crippen LogP contribution in [0.3, 0.4) is 0 Å². The third kappa shape index (κ3) is 5.65. The van der Waals surface area contributed by atoms with Crippen LogP contribution in [0.5, 0.6) is 0 Å². The second-order valence-corrected chi connectivity index (χ2v) is 7.99. The Balaban J connectivity index is 1.69. The molecule has 1 amide bonds. The number of benzene rings is 1. The van der Waals surface area contributed by atoms with Crippen LogP contribution >= 0.6 is 11.3 Å². The maximum absolute atomic E-state index is 12.7. The van der Waals surface area contributed by atoms with Gasteiger partial charge in [0.05, 0.1) is 13.2 Å². The standard InChI is InChI=1S/C22H29N3O3S/c1-3-10-24-11-13-25(14-12-24)15-19(26)23-21-20(22(27)28-4-2)18(16-29-21)17-8-6-5-7-9-17/h5-9,16H,3-4,10-15H2,1-2H3,(H,23,26). The van der Waals surface area contributed by atoms with Gasteiger partial charge >= 0.3 is 5.97 Å². The van der Waals surface area contributed by atoms with Crippen LogP contribution in [0.15, 0.2) is 35.7 Å². The molecule has 0 spiro atoms. The van der Waals surface area contributed by atoms with E-state index in [0.717, 1.165) is 50.3 Å². The highest BCUT2D eigenvalue weighted by Gasteiger charge is 2.24. The summed E-state index contributed by atoms with van der Waals surface area (Å²) in [7, 11) is 0. The van der Waals surface area contributed by atoms with Crippen molar-refractivity contribution in [3.05, 3.63) is 41.3 Å². The molecule has 0 bridgehead atoms. The predicted octanol–water partition coefficient (Wildman–Crippen LogP) is 3.56. The predicted molar refractivity (Wildman–Crippen MR) is 118 cm³/mol. The molecule has 1 saturated heterocycles. The molecule has 2 aromatic rings. The number of carbonyl (C=O) groups excluding carboxylic acids is 2. The zero-order valence-corrected chi connectivity index (χ0v) is 18.0. The highest BCUT2D eigenvalue weighted by atomic mass is 32.1. The van der Waals surface area contributed by atoms with Crippen LogP contribution in [0.25, 0.3) is 11.1 Å². The first-order valence-electron chi connectivity index (χ1n) is 10.2. The second kappa shape index (κ2) is 10.5. The fourth-order valence-electron chi connectivity index (χ4n) is 3.54. The average molecular weight is 416 g/mol. The van der Waals surface area contributed by atoms with Gasteiger partial charge in [-0.25, -0.2) is 4.79 Å². The number of thiophene rings is 1. The lowest BCUT2D eigenvalue weighted by Crippen LogP contribution is -2.48. The Kier molecular flexibility index (Phi) is 7.80. The topological polar surface area (TPSA) is 61.9 Å². The summed E-state index contributed by atoms with van der Waals surface area (Å²) in [5, 5.41) is 5.40. The van der Waals surface area contributed by atoms with Gasteiger partial charge in [0.25, 0.3) is 0 Å². The number of nitrogens with one attached hydrogen (secondary N) is 1. The third-order valence-electron chi connectivity index (χ3n) is 4.98. The van der Waals surface area contributed by atoms with Gasteiger partial charge in [-0.3, -0.25) is 9.69 Å². The van der Waals surface area contributed by atoms with Crippen LogP contribution in [-0.4, -0.2) is 67.6 Å². The molecule has 1 aromatic heterocycles. The quantitative estimate of drug-likeness (QED) is 0.668. The van der Waals surface area contributed by atoms with E-state index in [1.165, 1.54) is 11.3 Å². The minimum atomic E-state index is -0.406. The number of anilines is 1. The van der Waals surface area contributed by atoms with Crippen LogP contribution in [0.1, 0.15) is 30.6 Å². The zero-order valence-electron chi connectivity index (χ0n) is 17.1. The Morgan fingerprint density at radius 2 is 1.76 bits per heavy atom. The van der Waals surface area contributed by atoms with Crippen molar-refractivity contribution in [2.45, 2.75) is 20.3 Å². The molecule has 6 nitrogen and oxygen atoms in total. The number of hydrogen-bond donors (Lipinski definition) is 1. The Morgan fingerprint density at radius 1 is 1.07 bits per heavy atom. The van der Waals surface area contributed by atoms with E-state index in [1.54, 1.807) is 6.92 Å². The maximum atomic E-state index is 12.7. The number of hydrogen-bond acceptors (Lipinski definition) is 6.